The van der Waals surface area contributed by atoms with E-state index < -0.39 is 17.3 Å². The molecule has 6 heteroatoms. The molecule has 1 unspecified atom stereocenters. The van der Waals surface area contributed by atoms with Crippen LogP contribution < -0.4 is 5.32 Å². The van der Waals surface area contributed by atoms with Gasteiger partial charge in [0.25, 0.3) is 0 Å². The Morgan fingerprint density at radius 3 is 2.75 bits per heavy atom. The zero-order valence-corrected chi connectivity index (χ0v) is 11.9. The summed E-state index contributed by atoms with van der Waals surface area (Å²) in [5, 5.41) is 12.1. The maximum Gasteiger partial charge on any atom is 0.326 e. The molecule has 5 nitrogen and oxygen atoms in total. The number of aromatic nitrogens is 1. The van der Waals surface area contributed by atoms with Crippen LogP contribution in [0.15, 0.2) is 30.5 Å². The van der Waals surface area contributed by atoms with Crippen LogP contribution in [0.4, 0.5) is 0 Å². The monoisotopic (exact) mass is 292 g/mol. The summed E-state index contributed by atoms with van der Waals surface area (Å²) in [5.74, 6) is -1.45. The number of carboxylic acid groups (broad SMARTS) is 1. The van der Waals surface area contributed by atoms with Crippen LogP contribution in [0, 0.1) is 0 Å². The third-order valence-electron chi connectivity index (χ3n) is 3.09. The summed E-state index contributed by atoms with van der Waals surface area (Å²) >= 11 is 4.00. The van der Waals surface area contributed by atoms with Gasteiger partial charge in [0.2, 0.25) is 5.91 Å². The molecular weight excluding hydrogens is 276 g/mol. The van der Waals surface area contributed by atoms with Crippen molar-refractivity contribution in [3.63, 3.8) is 0 Å². The minimum Gasteiger partial charge on any atom is -0.480 e. The number of amides is 1. The van der Waals surface area contributed by atoms with E-state index in [0.29, 0.717) is 0 Å². The van der Waals surface area contributed by atoms with Gasteiger partial charge >= 0.3 is 5.97 Å². The molecule has 1 aromatic heterocycles. The second kappa shape index (κ2) is 6.00. The number of hydrogen-bond acceptors (Lipinski definition) is 3. The fraction of sp³-hybridized carbons (Fsp3) is 0.286. The zero-order chi connectivity index (χ0) is 14.7. The number of carbonyl (C=O) groups is 2. The molecule has 0 saturated carbocycles. The fourth-order valence-corrected chi connectivity index (χ4v) is 2.09. The normalized spacial score (nSPS) is 13.9. The maximum atomic E-state index is 11.6. The number of hydrogen-bond donors (Lipinski definition) is 4. The minimum absolute atomic E-state index is 0.228. The molecule has 1 amide bonds. The zero-order valence-electron chi connectivity index (χ0n) is 11.0. The molecule has 1 aromatic carbocycles. The number of aliphatic carboxylic acids is 1. The number of carbonyl (C=O) groups excluding carboxylic acids is 1. The number of rotatable bonds is 5. The Kier molecular flexibility index (Phi) is 4.34. The number of para-hydroxylation sites is 1. The van der Waals surface area contributed by atoms with Crippen LogP contribution in [-0.4, -0.2) is 33.3 Å². The topological polar surface area (TPSA) is 82.2 Å². The highest BCUT2D eigenvalue weighted by Crippen LogP contribution is 2.19. The predicted octanol–water partition coefficient (Wildman–Crippen LogP) is 1.60. The Morgan fingerprint density at radius 1 is 1.40 bits per heavy atom. The van der Waals surface area contributed by atoms with Gasteiger partial charge in [-0.3, -0.25) is 4.79 Å². The van der Waals surface area contributed by atoms with Crippen molar-refractivity contribution in [1.29, 1.82) is 0 Å². The van der Waals surface area contributed by atoms with Crippen molar-refractivity contribution in [2.24, 2.45) is 0 Å². The van der Waals surface area contributed by atoms with Crippen molar-refractivity contribution in [3.05, 3.63) is 36.0 Å². The third kappa shape index (κ3) is 3.14. The van der Waals surface area contributed by atoms with E-state index >= 15 is 0 Å². The third-order valence-corrected chi connectivity index (χ3v) is 3.33. The van der Waals surface area contributed by atoms with Gasteiger partial charge in [-0.2, -0.15) is 12.6 Å². The van der Waals surface area contributed by atoms with E-state index in [1.807, 2.05) is 24.3 Å². The molecule has 0 aliphatic heterocycles. The summed E-state index contributed by atoms with van der Waals surface area (Å²) in [6, 6.07) is 6.67. The van der Waals surface area contributed by atoms with E-state index in [1.165, 1.54) is 0 Å². The van der Waals surface area contributed by atoms with Gasteiger partial charge in [0.15, 0.2) is 0 Å². The molecule has 106 valence electrons. The van der Waals surface area contributed by atoms with Crippen LogP contribution in [0.5, 0.6) is 0 Å². The number of fused-ring (bicyclic) bond motifs is 1. The highest BCUT2D eigenvalue weighted by atomic mass is 32.1. The first-order valence-corrected chi connectivity index (χ1v) is 6.77. The summed E-state index contributed by atoms with van der Waals surface area (Å²) in [6.07, 6.45) is 2.00. The van der Waals surface area contributed by atoms with E-state index in [-0.39, 0.29) is 12.3 Å². The quantitative estimate of drug-likeness (QED) is 0.632. The first-order valence-electron chi connectivity index (χ1n) is 6.25. The number of nitrogens with one attached hydrogen (secondary N) is 2. The molecule has 2 atom stereocenters. The van der Waals surface area contributed by atoms with Crippen LogP contribution in [0.25, 0.3) is 10.9 Å². The maximum absolute atomic E-state index is 11.6. The predicted molar refractivity (Wildman–Crippen MR) is 80.0 cm³/mol. The molecule has 3 N–H and O–H groups in total. The van der Waals surface area contributed by atoms with Crippen LogP contribution in [-0.2, 0) is 16.0 Å². The first-order chi connectivity index (χ1) is 9.49. The van der Waals surface area contributed by atoms with E-state index in [4.69, 9.17) is 0 Å². The van der Waals surface area contributed by atoms with Crippen molar-refractivity contribution in [2.45, 2.75) is 24.6 Å². The van der Waals surface area contributed by atoms with Crippen LogP contribution >= 0.6 is 12.6 Å². The van der Waals surface area contributed by atoms with Gasteiger partial charge in [0, 0.05) is 23.5 Å². The first kappa shape index (κ1) is 14.5. The van der Waals surface area contributed by atoms with Gasteiger partial charge in [0.1, 0.15) is 6.04 Å². The second-order valence-electron chi connectivity index (χ2n) is 4.64. The molecule has 1 heterocycles. The standard InChI is InChI=1S/C14H16N2O3S/c1-8(20)13(17)16-12(14(18)19)6-9-7-15-11-5-3-2-4-10(9)11/h2-5,7-8,12,15,20H,6H2,1H3,(H,16,17)(H,18,19)/t8?,12-/m0/s1. The summed E-state index contributed by atoms with van der Waals surface area (Å²) in [5.41, 5.74) is 1.81. The highest BCUT2D eigenvalue weighted by molar-refractivity contribution is 7.81. The van der Waals surface area contributed by atoms with Crippen molar-refractivity contribution >= 4 is 35.4 Å². The average Bonchev–Trinajstić information content (AvgIpc) is 2.81. The molecule has 2 aromatic rings. The molecule has 0 spiro atoms. The Balaban J connectivity index is 2.20. The van der Waals surface area contributed by atoms with E-state index in [0.717, 1.165) is 16.5 Å². The van der Waals surface area contributed by atoms with Gasteiger partial charge in [-0.05, 0) is 18.6 Å². The van der Waals surface area contributed by atoms with Crippen molar-refractivity contribution in [2.75, 3.05) is 0 Å². The van der Waals surface area contributed by atoms with Crippen LogP contribution in [0.2, 0.25) is 0 Å². The minimum atomic E-state index is -1.06. The lowest BCUT2D eigenvalue weighted by Gasteiger charge is -2.15. The van der Waals surface area contributed by atoms with E-state index in [1.54, 1.807) is 13.1 Å². The number of H-pyrrole nitrogens is 1. The molecule has 0 aliphatic carbocycles. The molecule has 0 radical (unpaired) electrons. The molecule has 0 bridgehead atoms. The number of aromatic amines is 1. The summed E-state index contributed by atoms with van der Waals surface area (Å²) < 4.78 is 0. The molecule has 0 aliphatic rings. The van der Waals surface area contributed by atoms with Crippen LogP contribution in [0.3, 0.4) is 0 Å². The lowest BCUT2D eigenvalue weighted by molar-refractivity contribution is -0.141. The van der Waals surface area contributed by atoms with Crippen molar-refractivity contribution in [3.8, 4) is 0 Å². The molecule has 20 heavy (non-hydrogen) atoms. The summed E-state index contributed by atoms with van der Waals surface area (Å²) in [4.78, 5) is 25.9. The van der Waals surface area contributed by atoms with Gasteiger partial charge < -0.3 is 15.4 Å². The number of benzene rings is 1. The van der Waals surface area contributed by atoms with Gasteiger partial charge in [-0.1, -0.05) is 18.2 Å². The smallest absolute Gasteiger partial charge is 0.326 e. The number of thiol groups is 1. The highest BCUT2D eigenvalue weighted by Gasteiger charge is 2.23. The Labute approximate surface area is 121 Å². The number of carboxylic acids is 1. The Hall–Kier alpha value is -1.95. The lowest BCUT2D eigenvalue weighted by Crippen LogP contribution is -2.44. The van der Waals surface area contributed by atoms with E-state index in [9.17, 15) is 14.7 Å². The molecular formula is C14H16N2O3S. The van der Waals surface area contributed by atoms with Gasteiger partial charge in [0.05, 0.1) is 5.25 Å². The Bertz CT molecular complexity index is 636. The molecule has 0 saturated heterocycles. The van der Waals surface area contributed by atoms with Crippen molar-refractivity contribution in [1.82, 2.24) is 10.3 Å². The average molecular weight is 292 g/mol. The van der Waals surface area contributed by atoms with Gasteiger partial charge in [-0.25, -0.2) is 4.79 Å². The molecule has 2 rings (SSSR count). The lowest BCUT2D eigenvalue weighted by atomic mass is 10.0. The van der Waals surface area contributed by atoms with E-state index in [2.05, 4.69) is 22.9 Å². The SMILES string of the molecule is CC(S)C(=O)N[C@@H](Cc1c[nH]c2ccccc12)C(=O)O. The second-order valence-corrected chi connectivity index (χ2v) is 5.41. The summed E-state index contributed by atoms with van der Waals surface area (Å²) in [6.45, 7) is 1.60. The Morgan fingerprint density at radius 2 is 2.10 bits per heavy atom. The fourth-order valence-electron chi connectivity index (χ4n) is 2.01. The largest absolute Gasteiger partial charge is 0.480 e. The van der Waals surface area contributed by atoms with Gasteiger partial charge in [-0.15, -0.1) is 0 Å². The van der Waals surface area contributed by atoms with Crippen LogP contribution in [0.1, 0.15) is 12.5 Å². The van der Waals surface area contributed by atoms with Crippen molar-refractivity contribution < 1.29 is 14.7 Å². The molecule has 0 fully saturated rings. The summed E-state index contributed by atoms with van der Waals surface area (Å²) in [7, 11) is 0.